The van der Waals surface area contributed by atoms with E-state index in [-0.39, 0.29) is 12.5 Å². The van der Waals surface area contributed by atoms with Crippen LogP contribution in [-0.4, -0.2) is 44.7 Å². The number of carbonyl (C=O) groups is 2. The molecule has 148 valence electrons. The van der Waals surface area contributed by atoms with Crippen molar-refractivity contribution in [2.75, 3.05) is 23.7 Å². The number of hydrogen-bond acceptors (Lipinski definition) is 4. The van der Waals surface area contributed by atoms with E-state index in [0.29, 0.717) is 43.5 Å². The quantitative estimate of drug-likeness (QED) is 0.796. The number of fused-ring (bicyclic) bond motifs is 1. The van der Waals surface area contributed by atoms with E-state index in [2.05, 4.69) is 5.32 Å². The summed E-state index contributed by atoms with van der Waals surface area (Å²) < 4.78 is 25.2. The molecule has 0 radical (unpaired) electrons. The molecule has 1 aromatic carbocycles. The number of sulfonamides is 1. The van der Waals surface area contributed by atoms with Crippen LogP contribution in [0, 0.1) is 5.41 Å². The van der Waals surface area contributed by atoms with Gasteiger partial charge in [-0.25, -0.2) is 8.42 Å². The number of nitrogens with one attached hydrogen (secondary N) is 1. The first-order chi connectivity index (χ1) is 12.7. The summed E-state index contributed by atoms with van der Waals surface area (Å²) >= 11 is 0. The van der Waals surface area contributed by atoms with Gasteiger partial charge in [0.15, 0.2) is 0 Å². The van der Waals surface area contributed by atoms with E-state index in [9.17, 15) is 23.1 Å². The molecule has 1 heterocycles. The van der Waals surface area contributed by atoms with Crippen LogP contribution in [0.2, 0.25) is 0 Å². The monoisotopic (exact) mass is 394 g/mol. The average molecular weight is 394 g/mol. The molecule has 0 spiro atoms. The number of hydrogen-bond donors (Lipinski definition) is 2. The molecule has 0 saturated heterocycles. The number of anilines is 1. The smallest absolute Gasteiger partial charge is 0.311 e. The lowest BCUT2D eigenvalue weighted by Gasteiger charge is -2.33. The van der Waals surface area contributed by atoms with E-state index in [0.717, 1.165) is 24.8 Å². The number of nitrogens with zero attached hydrogens (tertiary/aromatic N) is 1. The van der Waals surface area contributed by atoms with Crippen molar-refractivity contribution in [1.82, 2.24) is 5.32 Å². The third-order valence-corrected chi connectivity index (χ3v) is 6.85. The number of carboxylic acids is 1. The van der Waals surface area contributed by atoms with Crippen molar-refractivity contribution < 1.29 is 23.1 Å². The normalized spacial score (nSPS) is 19.2. The number of aliphatic carboxylic acids is 1. The van der Waals surface area contributed by atoms with Gasteiger partial charge in [0.25, 0.3) is 5.91 Å². The first-order valence-electron chi connectivity index (χ1n) is 9.35. The van der Waals surface area contributed by atoms with Gasteiger partial charge in [-0.3, -0.25) is 13.9 Å². The van der Waals surface area contributed by atoms with Crippen LogP contribution in [0.1, 0.15) is 54.4 Å². The second-order valence-corrected chi connectivity index (χ2v) is 9.52. The zero-order valence-corrected chi connectivity index (χ0v) is 16.3. The highest BCUT2D eigenvalue weighted by Crippen LogP contribution is 2.36. The van der Waals surface area contributed by atoms with Crippen molar-refractivity contribution in [2.45, 2.75) is 44.9 Å². The predicted octanol–water partition coefficient (Wildman–Crippen LogP) is 2.16. The van der Waals surface area contributed by atoms with Crippen LogP contribution in [0.5, 0.6) is 0 Å². The molecule has 2 aliphatic rings. The van der Waals surface area contributed by atoms with Crippen LogP contribution in [0.4, 0.5) is 5.69 Å². The maximum atomic E-state index is 12.6. The molecule has 0 unspecified atom stereocenters. The molecule has 2 N–H and O–H groups in total. The molecule has 1 saturated carbocycles. The predicted molar refractivity (Wildman–Crippen MR) is 102 cm³/mol. The number of rotatable bonds is 5. The summed E-state index contributed by atoms with van der Waals surface area (Å²) in [5.41, 5.74) is 0.995. The third kappa shape index (κ3) is 4.10. The second kappa shape index (κ2) is 7.50. The van der Waals surface area contributed by atoms with E-state index in [1.165, 1.54) is 10.6 Å². The summed E-state index contributed by atoms with van der Waals surface area (Å²) in [6.45, 7) is 0.562. The lowest BCUT2D eigenvalue weighted by molar-refractivity contribution is -0.150. The summed E-state index contributed by atoms with van der Waals surface area (Å²) in [4.78, 5) is 24.3. The Morgan fingerprint density at radius 1 is 1.19 bits per heavy atom. The van der Waals surface area contributed by atoms with Crippen molar-refractivity contribution in [3.05, 3.63) is 29.3 Å². The molecular formula is C19H26N2O5S. The number of aryl methyl sites for hydroxylation is 1. The molecule has 27 heavy (non-hydrogen) atoms. The maximum absolute atomic E-state index is 12.6. The first kappa shape index (κ1) is 19.7. The lowest BCUT2D eigenvalue weighted by Crippen LogP contribution is -2.44. The van der Waals surface area contributed by atoms with Gasteiger partial charge in [-0.1, -0.05) is 19.3 Å². The van der Waals surface area contributed by atoms with Crippen molar-refractivity contribution in [1.29, 1.82) is 0 Å². The third-order valence-electron chi connectivity index (χ3n) is 5.67. The topological polar surface area (TPSA) is 104 Å². The van der Waals surface area contributed by atoms with Gasteiger partial charge >= 0.3 is 5.97 Å². The van der Waals surface area contributed by atoms with Gasteiger partial charge in [0.1, 0.15) is 0 Å². The molecule has 7 nitrogen and oxygen atoms in total. The minimum Gasteiger partial charge on any atom is -0.481 e. The number of benzene rings is 1. The molecule has 0 aromatic heterocycles. The number of carboxylic acid groups (broad SMARTS) is 1. The van der Waals surface area contributed by atoms with E-state index in [4.69, 9.17) is 0 Å². The fourth-order valence-electron chi connectivity index (χ4n) is 4.09. The molecule has 1 amide bonds. The van der Waals surface area contributed by atoms with E-state index < -0.39 is 21.4 Å². The fourth-order valence-corrected chi connectivity index (χ4v) is 5.09. The summed E-state index contributed by atoms with van der Waals surface area (Å²) in [6.07, 6.45) is 6.51. The van der Waals surface area contributed by atoms with Crippen LogP contribution >= 0.6 is 0 Å². The Bertz CT molecular complexity index is 844. The average Bonchev–Trinajstić information content (AvgIpc) is 2.65. The van der Waals surface area contributed by atoms with Crippen molar-refractivity contribution >= 4 is 27.6 Å². The molecule has 0 bridgehead atoms. The molecule has 8 heteroatoms. The SMILES string of the molecule is CS(=O)(=O)N1CCCc2cc(C(=O)NCC3(C(=O)O)CCCCC3)ccc21. The largest absolute Gasteiger partial charge is 0.481 e. The molecule has 1 aromatic rings. The molecule has 1 aliphatic carbocycles. The summed E-state index contributed by atoms with van der Waals surface area (Å²) in [5.74, 6) is -1.17. The van der Waals surface area contributed by atoms with E-state index in [1.54, 1.807) is 18.2 Å². The first-order valence-corrected chi connectivity index (χ1v) is 11.2. The fraction of sp³-hybridized carbons (Fsp3) is 0.579. The van der Waals surface area contributed by atoms with Crippen LogP contribution in [-0.2, 0) is 21.2 Å². The minimum atomic E-state index is -3.35. The molecular weight excluding hydrogens is 368 g/mol. The molecule has 3 rings (SSSR count). The van der Waals surface area contributed by atoms with Crippen LogP contribution < -0.4 is 9.62 Å². The highest BCUT2D eigenvalue weighted by Gasteiger charge is 2.39. The molecule has 1 aliphatic heterocycles. The standard InChI is InChI=1S/C19H26N2O5S/c1-27(25,26)21-11-5-6-14-12-15(7-8-16(14)21)17(22)20-13-19(18(23)24)9-3-2-4-10-19/h7-8,12H,2-6,9-11,13H2,1H3,(H,20,22)(H,23,24). The van der Waals surface area contributed by atoms with Crippen LogP contribution in [0.25, 0.3) is 0 Å². The Morgan fingerprint density at radius 3 is 2.52 bits per heavy atom. The highest BCUT2D eigenvalue weighted by molar-refractivity contribution is 7.92. The lowest BCUT2D eigenvalue weighted by atomic mass is 9.74. The number of amides is 1. The van der Waals surface area contributed by atoms with Crippen molar-refractivity contribution in [3.63, 3.8) is 0 Å². The van der Waals surface area contributed by atoms with Gasteiger partial charge in [0.2, 0.25) is 10.0 Å². The van der Waals surface area contributed by atoms with Crippen molar-refractivity contribution in [2.24, 2.45) is 5.41 Å². The van der Waals surface area contributed by atoms with Gasteiger partial charge < -0.3 is 10.4 Å². The second-order valence-electron chi connectivity index (χ2n) is 7.61. The Labute approximate surface area is 159 Å². The Hall–Kier alpha value is -2.09. The molecule has 1 fully saturated rings. The number of carbonyl (C=O) groups excluding carboxylic acids is 1. The minimum absolute atomic E-state index is 0.119. The van der Waals surface area contributed by atoms with E-state index in [1.807, 2.05) is 0 Å². The van der Waals surface area contributed by atoms with Gasteiger partial charge in [-0.05, 0) is 49.4 Å². The molecule has 0 atom stereocenters. The van der Waals surface area contributed by atoms with Gasteiger partial charge in [0, 0.05) is 18.7 Å². The maximum Gasteiger partial charge on any atom is 0.311 e. The summed E-state index contributed by atoms with van der Waals surface area (Å²) in [5, 5.41) is 12.4. The highest BCUT2D eigenvalue weighted by atomic mass is 32.2. The van der Waals surface area contributed by atoms with Crippen LogP contribution in [0.3, 0.4) is 0 Å². The van der Waals surface area contributed by atoms with Gasteiger partial charge in [-0.2, -0.15) is 0 Å². The summed E-state index contributed by atoms with van der Waals surface area (Å²) in [7, 11) is -3.35. The van der Waals surface area contributed by atoms with Gasteiger partial charge in [-0.15, -0.1) is 0 Å². The Kier molecular flexibility index (Phi) is 5.46. The van der Waals surface area contributed by atoms with Crippen molar-refractivity contribution in [3.8, 4) is 0 Å². The van der Waals surface area contributed by atoms with E-state index >= 15 is 0 Å². The van der Waals surface area contributed by atoms with Crippen LogP contribution in [0.15, 0.2) is 18.2 Å². The Balaban J connectivity index is 1.75. The zero-order valence-electron chi connectivity index (χ0n) is 15.5. The van der Waals surface area contributed by atoms with Gasteiger partial charge in [0.05, 0.1) is 17.4 Å². The zero-order chi connectivity index (χ0) is 19.7. The summed E-state index contributed by atoms with van der Waals surface area (Å²) in [6, 6.07) is 4.99. The Morgan fingerprint density at radius 2 is 1.89 bits per heavy atom.